The zero-order valence-corrected chi connectivity index (χ0v) is 18.2. The van der Waals surface area contributed by atoms with Crippen molar-refractivity contribution in [2.45, 2.75) is 25.4 Å². The molecule has 1 heterocycles. The van der Waals surface area contributed by atoms with Gasteiger partial charge in [0.2, 0.25) is 0 Å². The van der Waals surface area contributed by atoms with Crippen LogP contribution in [-0.2, 0) is 11.3 Å². The molecule has 0 saturated carbocycles. The summed E-state index contributed by atoms with van der Waals surface area (Å²) in [6, 6.07) is 9.48. The van der Waals surface area contributed by atoms with Gasteiger partial charge in [0, 0.05) is 6.54 Å². The maximum absolute atomic E-state index is 11.7. The fourth-order valence-electron chi connectivity index (χ4n) is 4.52. The lowest BCUT2D eigenvalue weighted by atomic mass is 9.95. The molecule has 1 aliphatic heterocycles. The van der Waals surface area contributed by atoms with Crippen LogP contribution >= 0.6 is 0 Å². The minimum absolute atomic E-state index is 0.462. The van der Waals surface area contributed by atoms with E-state index in [1.807, 2.05) is 29.2 Å². The molecule has 0 aromatic heterocycles. The monoisotopic (exact) mass is 425 g/mol. The largest absolute Gasteiger partial charge is 0.493 e. The van der Waals surface area contributed by atoms with Crippen LogP contribution in [-0.4, -0.2) is 57.0 Å². The number of benzene rings is 3. The van der Waals surface area contributed by atoms with E-state index < -0.39 is 12.0 Å². The van der Waals surface area contributed by atoms with Crippen LogP contribution < -0.4 is 18.9 Å². The van der Waals surface area contributed by atoms with Crippen molar-refractivity contribution in [2.24, 2.45) is 0 Å². The van der Waals surface area contributed by atoms with Crippen molar-refractivity contribution in [1.29, 1.82) is 0 Å². The Kier molecular flexibility index (Phi) is 5.78. The van der Waals surface area contributed by atoms with E-state index in [-0.39, 0.29) is 0 Å². The molecule has 7 nitrogen and oxygen atoms in total. The van der Waals surface area contributed by atoms with Gasteiger partial charge in [0.25, 0.3) is 0 Å². The van der Waals surface area contributed by atoms with Gasteiger partial charge in [-0.05, 0) is 76.8 Å². The second kappa shape index (κ2) is 8.51. The highest BCUT2D eigenvalue weighted by molar-refractivity contribution is 6.11. The van der Waals surface area contributed by atoms with Gasteiger partial charge in [0.15, 0.2) is 23.0 Å². The van der Waals surface area contributed by atoms with E-state index in [0.29, 0.717) is 36.0 Å². The molecule has 1 atom stereocenters. The van der Waals surface area contributed by atoms with E-state index in [0.717, 1.165) is 40.1 Å². The fourth-order valence-corrected chi connectivity index (χ4v) is 4.52. The van der Waals surface area contributed by atoms with Gasteiger partial charge < -0.3 is 24.1 Å². The van der Waals surface area contributed by atoms with E-state index in [9.17, 15) is 9.90 Å². The van der Waals surface area contributed by atoms with Gasteiger partial charge in [-0.2, -0.15) is 0 Å². The third-order valence-corrected chi connectivity index (χ3v) is 6.07. The number of rotatable bonds is 7. The number of nitrogens with zero attached hydrogens (tertiary/aromatic N) is 1. The highest BCUT2D eigenvalue weighted by Crippen LogP contribution is 2.41. The highest BCUT2D eigenvalue weighted by atomic mass is 16.5. The zero-order valence-electron chi connectivity index (χ0n) is 18.2. The summed E-state index contributed by atoms with van der Waals surface area (Å²) < 4.78 is 22.1. The summed E-state index contributed by atoms with van der Waals surface area (Å²) in [6.07, 6.45) is 1.55. The first-order valence-corrected chi connectivity index (χ1v) is 10.2. The normalized spacial score (nSPS) is 16.6. The van der Waals surface area contributed by atoms with Gasteiger partial charge in [-0.1, -0.05) is 0 Å². The Morgan fingerprint density at radius 2 is 1.42 bits per heavy atom. The maximum Gasteiger partial charge on any atom is 0.320 e. The molecule has 1 saturated heterocycles. The van der Waals surface area contributed by atoms with E-state index in [1.165, 1.54) is 0 Å². The van der Waals surface area contributed by atoms with Crippen molar-refractivity contribution in [3.8, 4) is 23.0 Å². The minimum atomic E-state index is -0.770. The van der Waals surface area contributed by atoms with Gasteiger partial charge in [0.05, 0.1) is 28.4 Å². The quantitative estimate of drug-likeness (QED) is 0.572. The van der Waals surface area contributed by atoms with Crippen molar-refractivity contribution >= 4 is 27.5 Å². The van der Waals surface area contributed by atoms with Crippen LogP contribution in [0.15, 0.2) is 30.3 Å². The first-order valence-electron chi connectivity index (χ1n) is 10.2. The van der Waals surface area contributed by atoms with Gasteiger partial charge in [-0.25, -0.2) is 0 Å². The number of hydrogen-bond donors (Lipinski definition) is 1. The molecule has 3 aromatic rings. The molecule has 1 N–H and O–H groups in total. The minimum Gasteiger partial charge on any atom is -0.493 e. The maximum atomic E-state index is 11.7. The van der Waals surface area contributed by atoms with Crippen LogP contribution in [0, 0.1) is 0 Å². The molecule has 1 aliphatic rings. The first kappa shape index (κ1) is 21.1. The molecule has 0 spiro atoms. The van der Waals surface area contributed by atoms with E-state index >= 15 is 0 Å². The molecular formula is C24H27NO6. The van der Waals surface area contributed by atoms with Crippen molar-refractivity contribution in [1.82, 2.24) is 4.90 Å². The summed E-state index contributed by atoms with van der Waals surface area (Å²) in [6.45, 7) is 1.29. The van der Waals surface area contributed by atoms with Crippen LogP contribution in [0.4, 0.5) is 0 Å². The number of likely N-dealkylation sites (tertiary alicyclic amines) is 1. The fraction of sp³-hybridized carbons (Fsp3) is 0.375. The molecule has 31 heavy (non-hydrogen) atoms. The van der Waals surface area contributed by atoms with Crippen LogP contribution in [0.3, 0.4) is 0 Å². The Balaban J connectivity index is 1.97. The van der Waals surface area contributed by atoms with E-state index in [2.05, 4.69) is 6.07 Å². The number of methoxy groups -OCH3 is 4. The number of carbonyl (C=O) groups is 1. The summed E-state index contributed by atoms with van der Waals surface area (Å²) in [4.78, 5) is 13.7. The Hall–Kier alpha value is -3.19. The van der Waals surface area contributed by atoms with E-state index in [4.69, 9.17) is 18.9 Å². The molecule has 1 fully saturated rings. The summed E-state index contributed by atoms with van der Waals surface area (Å²) in [7, 11) is 6.45. The molecule has 4 rings (SSSR count). The smallest absolute Gasteiger partial charge is 0.320 e. The van der Waals surface area contributed by atoms with Crippen molar-refractivity contribution in [3.05, 3.63) is 35.9 Å². The van der Waals surface area contributed by atoms with Gasteiger partial charge in [-0.3, -0.25) is 9.69 Å². The average molecular weight is 425 g/mol. The van der Waals surface area contributed by atoms with E-state index in [1.54, 1.807) is 28.4 Å². The van der Waals surface area contributed by atoms with Crippen LogP contribution in [0.25, 0.3) is 21.5 Å². The SMILES string of the molecule is COc1cc2cc(CN3CCC[C@H]3C(=O)O)c3cc(OC)c(OC)cc3c2cc1OC. The lowest BCUT2D eigenvalue weighted by Gasteiger charge is -2.23. The summed E-state index contributed by atoms with van der Waals surface area (Å²) in [5.41, 5.74) is 1.03. The molecule has 164 valence electrons. The summed E-state index contributed by atoms with van der Waals surface area (Å²) >= 11 is 0. The Morgan fingerprint density at radius 1 is 0.871 bits per heavy atom. The zero-order chi connectivity index (χ0) is 22.1. The molecule has 3 aromatic carbocycles. The standard InChI is InChI=1S/C24H27NO6/c1-28-20-9-14-8-15(13-25-7-5-6-19(25)24(26)27)17-11-22(30-3)23(31-4)12-18(17)16(14)10-21(20)29-2/h8-12,19H,5-7,13H2,1-4H3,(H,26,27)/t19-/m0/s1. The molecule has 0 radical (unpaired) electrons. The molecule has 7 heteroatoms. The Bertz CT molecular complexity index is 1140. The number of hydrogen-bond acceptors (Lipinski definition) is 6. The number of carboxylic acid groups (broad SMARTS) is 1. The van der Waals surface area contributed by atoms with Crippen LogP contribution in [0.5, 0.6) is 23.0 Å². The second-order valence-electron chi connectivity index (χ2n) is 7.68. The van der Waals surface area contributed by atoms with Crippen molar-refractivity contribution in [3.63, 3.8) is 0 Å². The van der Waals surface area contributed by atoms with Crippen molar-refractivity contribution in [2.75, 3.05) is 35.0 Å². The predicted octanol–water partition coefficient (Wildman–Crippen LogP) is 4.08. The van der Waals surface area contributed by atoms with Crippen LogP contribution in [0.2, 0.25) is 0 Å². The average Bonchev–Trinajstić information content (AvgIpc) is 3.25. The van der Waals surface area contributed by atoms with Gasteiger partial charge >= 0.3 is 5.97 Å². The molecular weight excluding hydrogens is 398 g/mol. The molecule has 0 unspecified atom stereocenters. The highest BCUT2D eigenvalue weighted by Gasteiger charge is 2.31. The third kappa shape index (κ3) is 3.70. The Morgan fingerprint density at radius 3 is 2.00 bits per heavy atom. The first-order chi connectivity index (χ1) is 15.0. The lowest BCUT2D eigenvalue weighted by molar-refractivity contribution is -0.142. The Labute approximate surface area is 181 Å². The third-order valence-electron chi connectivity index (χ3n) is 6.07. The number of fused-ring (bicyclic) bond motifs is 3. The summed E-state index contributed by atoms with van der Waals surface area (Å²) in [5, 5.41) is 13.6. The molecule has 0 bridgehead atoms. The predicted molar refractivity (Wildman–Crippen MR) is 119 cm³/mol. The van der Waals surface area contributed by atoms with Gasteiger partial charge in [0.1, 0.15) is 6.04 Å². The number of aliphatic carboxylic acids is 1. The van der Waals surface area contributed by atoms with Crippen molar-refractivity contribution < 1.29 is 28.8 Å². The topological polar surface area (TPSA) is 77.5 Å². The number of carboxylic acids is 1. The number of ether oxygens (including phenoxy) is 4. The lowest BCUT2D eigenvalue weighted by Crippen LogP contribution is -2.35. The van der Waals surface area contributed by atoms with Gasteiger partial charge in [-0.15, -0.1) is 0 Å². The molecule has 0 aliphatic carbocycles. The van der Waals surface area contributed by atoms with Crippen LogP contribution in [0.1, 0.15) is 18.4 Å². The molecule has 0 amide bonds. The summed E-state index contributed by atoms with van der Waals surface area (Å²) in [5.74, 6) is 1.78. The second-order valence-corrected chi connectivity index (χ2v) is 7.68.